The van der Waals surface area contributed by atoms with Crippen LogP contribution in [0.25, 0.3) is 0 Å². The molecule has 0 radical (unpaired) electrons. The monoisotopic (exact) mass is 352 g/mol. The van der Waals surface area contributed by atoms with E-state index in [4.69, 9.17) is 12.2 Å². The van der Waals surface area contributed by atoms with E-state index in [0.717, 1.165) is 9.23 Å². The van der Waals surface area contributed by atoms with Gasteiger partial charge in [-0.3, -0.25) is 9.69 Å². The number of thiocarbonyl (C=S) groups is 1. The first kappa shape index (κ1) is 17.3. The fourth-order valence-corrected chi connectivity index (χ4v) is 5.53. The number of thioether (sulfide) groups is 1. The van der Waals surface area contributed by atoms with Gasteiger partial charge in [-0.05, 0) is 32.6 Å². The number of amides is 1. The quantitative estimate of drug-likeness (QED) is 0.541. The molecule has 1 amide bonds. The lowest BCUT2D eigenvalue weighted by Crippen LogP contribution is -2.42. The Morgan fingerprint density at radius 3 is 2.04 bits per heavy atom. The van der Waals surface area contributed by atoms with Gasteiger partial charge in [0.05, 0.1) is 4.91 Å². The Kier molecular flexibility index (Phi) is 6.02. The molecule has 3 nitrogen and oxygen atoms in total. The minimum Gasteiger partial charge on any atom is -0.370 e. The molecule has 0 aromatic heterocycles. The van der Waals surface area contributed by atoms with Gasteiger partial charge in [0.2, 0.25) is 0 Å². The highest BCUT2D eigenvalue weighted by atomic mass is 32.2. The van der Waals surface area contributed by atoms with Crippen LogP contribution >= 0.6 is 24.0 Å². The molecule has 0 aromatic rings. The fourth-order valence-electron chi connectivity index (χ4n) is 4.17. The van der Waals surface area contributed by atoms with E-state index >= 15 is 0 Å². The van der Waals surface area contributed by atoms with Crippen LogP contribution < -0.4 is 0 Å². The number of hydrogen-bond acceptors (Lipinski definition) is 4. The SMILES string of the molecule is CCN1C(=O)/C(=C\N(C2CCCCC2)C2CCCCC2)SC1=S. The van der Waals surface area contributed by atoms with Crippen molar-refractivity contribution in [3.8, 4) is 0 Å². The standard InChI is InChI=1S/C18H28N2OS2/c1-2-19-17(21)16(23-18(19)22)13-20(14-9-5-3-6-10-14)15-11-7-4-8-12-15/h13-15H,2-12H2,1H3/b16-13+. The lowest BCUT2D eigenvalue weighted by atomic mass is 9.89. The van der Waals surface area contributed by atoms with Gasteiger partial charge >= 0.3 is 0 Å². The van der Waals surface area contributed by atoms with Crippen LogP contribution in [0.5, 0.6) is 0 Å². The summed E-state index contributed by atoms with van der Waals surface area (Å²) in [4.78, 5) is 17.7. The van der Waals surface area contributed by atoms with Gasteiger partial charge in [0.25, 0.3) is 5.91 Å². The highest BCUT2D eigenvalue weighted by Gasteiger charge is 2.34. The second kappa shape index (κ2) is 8.02. The summed E-state index contributed by atoms with van der Waals surface area (Å²) in [6.45, 7) is 2.67. The van der Waals surface area contributed by atoms with E-state index in [-0.39, 0.29) is 5.91 Å². The summed E-state index contributed by atoms with van der Waals surface area (Å²) >= 11 is 6.86. The molecule has 0 bridgehead atoms. The third-order valence-electron chi connectivity index (χ3n) is 5.45. The van der Waals surface area contributed by atoms with Crippen LogP contribution in [-0.2, 0) is 4.79 Å². The molecule has 0 aromatic carbocycles. The van der Waals surface area contributed by atoms with E-state index < -0.39 is 0 Å². The first-order valence-electron chi connectivity index (χ1n) is 9.23. The van der Waals surface area contributed by atoms with Crippen molar-refractivity contribution < 1.29 is 4.79 Å². The molecule has 0 N–H and O–H groups in total. The van der Waals surface area contributed by atoms with Crippen molar-refractivity contribution in [2.24, 2.45) is 0 Å². The lowest BCUT2D eigenvalue weighted by Gasteiger charge is -2.41. The van der Waals surface area contributed by atoms with Crippen LogP contribution in [0.4, 0.5) is 0 Å². The minimum atomic E-state index is 0.110. The Morgan fingerprint density at radius 1 is 1.09 bits per heavy atom. The Balaban J connectivity index is 1.81. The second-order valence-electron chi connectivity index (χ2n) is 6.94. The molecule has 0 unspecified atom stereocenters. The van der Waals surface area contributed by atoms with Crippen LogP contribution in [0, 0.1) is 0 Å². The maximum atomic E-state index is 12.6. The summed E-state index contributed by atoms with van der Waals surface area (Å²) in [5, 5.41) is 0. The second-order valence-corrected chi connectivity index (χ2v) is 8.62. The first-order chi connectivity index (χ1) is 11.2. The van der Waals surface area contributed by atoms with Gasteiger partial charge in [-0.15, -0.1) is 0 Å². The average molecular weight is 353 g/mol. The van der Waals surface area contributed by atoms with Crippen molar-refractivity contribution in [2.75, 3.05) is 6.54 Å². The summed E-state index contributed by atoms with van der Waals surface area (Å²) in [7, 11) is 0. The van der Waals surface area contributed by atoms with Gasteiger partial charge < -0.3 is 4.90 Å². The predicted octanol–water partition coefficient (Wildman–Crippen LogP) is 4.68. The van der Waals surface area contributed by atoms with E-state index in [9.17, 15) is 4.79 Å². The van der Waals surface area contributed by atoms with Crippen LogP contribution in [0.15, 0.2) is 11.1 Å². The molecule has 3 fully saturated rings. The molecular formula is C18H28N2OS2. The normalized spacial score (nSPS) is 26.3. The predicted molar refractivity (Wildman–Crippen MR) is 101 cm³/mol. The van der Waals surface area contributed by atoms with E-state index in [1.165, 1.54) is 76.0 Å². The number of carbonyl (C=O) groups is 1. The highest BCUT2D eigenvalue weighted by Crippen LogP contribution is 2.35. The van der Waals surface area contributed by atoms with Gasteiger partial charge in [0, 0.05) is 24.8 Å². The Bertz CT molecular complexity index is 461. The summed E-state index contributed by atoms with van der Waals surface area (Å²) < 4.78 is 0.719. The van der Waals surface area contributed by atoms with Gasteiger partial charge in [0.1, 0.15) is 4.32 Å². The smallest absolute Gasteiger partial charge is 0.267 e. The molecule has 0 atom stereocenters. The molecule has 0 spiro atoms. The number of rotatable bonds is 4. The largest absolute Gasteiger partial charge is 0.370 e. The number of hydrogen-bond donors (Lipinski definition) is 0. The molecule has 2 aliphatic carbocycles. The third kappa shape index (κ3) is 3.93. The average Bonchev–Trinajstić information content (AvgIpc) is 2.87. The zero-order chi connectivity index (χ0) is 16.2. The van der Waals surface area contributed by atoms with Crippen molar-refractivity contribution in [3.05, 3.63) is 11.1 Å². The molecule has 1 saturated heterocycles. The third-order valence-corrected chi connectivity index (χ3v) is 6.81. The summed E-state index contributed by atoms with van der Waals surface area (Å²) in [6.07, 6.45) is 15.4. The summed E-state index contributed by atoms with van der Waals surface area (Å²) in [5.74, 6) is 0.110. The van der Waals surface area contributed by atoms with Crippen molar-refractivity contribution in [1.82, 2.24) is 9.80 Å². The maximum absolute atomic E-state index is 12.6. The zero-order valence-electron chi connectivity index (χ0n) is 14.1. The maximum Gasteiger partial charge on any atom is 0.267 e. The number of likely N-dealkylation sites (N-methyl/N-ethyl adjacent to an activating group) is 1. The first-order valence-corrected chi connectivity index (χ1v) is 10.5. The fraction of sp³-hybridized carbons (Fsp3) is 0.778. The van der Waals surface area contributed by atoms with Crippen LogP contribution in [0.2, 0.25) is 0 Å². The van der Waals surface area contributed by atoms with Gasteiger partial charge in [-0.2, -0.15) is 0 Å². The van der Waals surface area contributed by atoms with Crippen molar-refractivity contribution in [3.63, 3.8) is 0 Å². The van der Waals surface area contributed by atoms with Gasteiger partial charge in [-0.25, -0.2) is 0 Å². The Morgan fingerprint density at radius 2 is 1.61 bits per heavy atom. The van der Waals surface area contributed by atoms with Crippen molar-refractivity contribution >= 4 is 34.2 Å². The van der Waals surface area contributed by atoms with Crippen LogP contribution in [0.1, 0.15) is 71.1 Å². The van der Waals surface area contributed by atoms with Crippen LogP contribution in [0.3, 0.4) is 0 Å². The lowest BCUT2D eigenvalue weighted by molar-refractivity contribution is -0.122. The van der Waals surface area contributed by atoms with E-state index in [1.54, 1.807) is 4.90 Å². The zero-order valence-corrected chi connectivity index (χ0v) is 15.8. The molecule has 128 valence electrons. The van der Waals surface area contributed by atoms with Crippen LogP contribution in [-0.4, -0.2) is 38.7 Å². The molecule has 1 heterocycles. The van der Waals surface area contributed by atoms with Gasteiger partial charge in [0.15, 0.2) is 0 Å². The molecular weight excluding hydrogens is 324 g/mol. The van der Waals surface area contributed by atoms with Crippen molar-refractivity contribution in [1.29, 1.82) is 0 Å². The Labute approximate surface area is 149 Å². The van der Waals surface area contributed by atoms with Gasteiger partial charge in [-0.1, -0.05) is 62.5 Å². The highest BCUT2D eigenvalue weighted by molar-refractivity contribution is 8.26. The molecule has 23 heavy (non-hydrogen) atoms. The molecule has 1 aliphatic heterocycles. The molecule has 2 saturated carbocycles. The number of nitrogens with zero attached hydrogens (tertiary/aromatic N) is 2. The minimum absolute atomic E-state index is 0.110. The van der Waals surface area contributed by atoms with E-state index in [0.29, 0.717) is 18.6 Å². The summed E-state index contributed by atoms with van der Waals surface area (Å²) in [6, 6.07) is 1.24. The summed E-state index contributed by atoms with van der Waals surface area (Å²) in [5.41, 5.74) is 0. The van der Waals surface area contributed by atoms with E-state index in [2.05, 4.69) is 11.1 Å². The number of carbonyl (C=O) groups excluding carboxylic acids is 1. The van der Waals surface area contributed by atoms with E-state index in [1.807, 2.05) is 6.92 Å². The molecule has 3 rings (SSSR count). The van der Waals surface area contributed by atoms with Crippen molar-refractivity contribution in [2.45, 2.75) is 83.2 Å². The molecule has 5 heteroatoms. The Hall–Kier alpha value is -0.550. The molecule has 3 aliphatic rings. The topological polar surface area (TPSA) is 23.6 Å².